The smallest absolute Gasteiger partial charge is 0.255 e. The molecular weight excluding hydrogens is 482 g/mol. The molecule has 0 saturated carbocycles. The second kappa shape index (κ2) is 11.6. The summed E-state index contributed by atoms with van der Waals surface area (Å²) in [6.45, 7) is 9.12. The van der Waals surface area contributed by atoms with E-state index in [2.05, 4.69) is 59.1 Å². The van der Waals surface area contributed by atoms with Crippen LogP contribution in [0.15, 0.2) is 47.2 Å². The molecule has 0 aliphatic carbocycles. The lowest BCUT2D eigenvalue weighted by Gasteiger charge is -2.32. The molecule has 3 rings (SSSR count). The van der Waals surface area contributed by atoms with Gasteiger partial charge in [-0.05, 0) is 76.4 Å². The highest BCUT2D eigenvalue weighted by atomic mass is 79.9. The number of nitrogens with one attached hydrogen (secondary N) is 1. The van der Waals surface area contributed by atoms with Crippen molar-refractivity contribution in [2.24, 2.45) is 5.92 Å². The van der Waals surface area contributed by atoms with Gasteiger partial charge in [0, 0.05) is 38.4 Å². The number of benzene rings is 1. The van der Waals surface area contributed by atoms with E-state index in [0.717, 1.165) is 23.1 Å². The largest absolute Gasteiger partial charge is 0.492 e. The van der Waals surface area contributed by atoms with Gasteiger partial charge < -0.3 is 15.0 Å². The molecule has 0 spiro atoms. The van der Waals surface area contributed by atoms with Gasteiger partial charge in [0.25, 0.3) is 5.91 Å². The number of hydrogen-bond acceptors (Lipinski definition) is 4. The van der Waals surface area contributed by atoms with E-state index in [9.17, 15) is 9.59 Å². The fourth-order valence-corrected chi connectivity index (χ4v) is 4.35. The van der Waals surface area contributed by atoms with Crippen LogP contribution in [-0.4, -0.2) is 47.9 Å². The molecule has 1 N–H and O–H groups in total. The normalized spacial score (nSPS) is 14.7. The molecule has 178 valence electrons. The van der Waals surface area contributed by atoms with Gasteiger partial charge in [-0.1, -0.05) is 26.8 Å². The molecular formula is C26H34BrN3O3. The fraction of sp³-hybridized carbons (Fsp3) is 0.500. The van der Waals surface area contributed by atoms with Crippen molar-refractivity contribution in [1.82, 2.24) is 15.2 Å². The van der Waals surface area contributed by atoms with Gasteiger partial charge in [-0.2, -0.15) is 0 Å². The number of hydrogen-bond donors (Lipinski definition) is 1. The zero-order valence-corrected chi connectivity index (χ0v) is 21.4. The van der Waals surface area contributed by atoms with Crippen molar-refractivity contribution in [3.05, 3.63) is 58.3 Å². The Morgan fingerprint density at radius 2 is 1.97 bits per heavy atom. The van der Waals surface area contributed by atoms with E-state index in [1.165, 1.54) is 5.56 Å². The molecule has 7 heteroatoms. The number of likely N-dealkylation sites (tertiary alicyclic amines) is 1. The summed E-state index contributed by atoms with van der Waals surface area (Å²) in [5, 5.41) is 3.05. The van der Waals surface area contributed by atoms with Crippen LogP contribution in [0.4, 0.5) is 0 Å². The molecule has 2 heterocycles. The fourth-order valence-electron chi connectivity index (χ4n) is 3.86. The van der Waals surface area contributed by atoms with Gasteiger partial charge in [0.05, 0.1) is 16.6 Å². The SMILES string of the molecule is CC(C)(C)c1ccc(OCCCC(=O)NCC2CCN(C(=O)c3cccnc3)CC2)c(Br)c1. The summed E-state index contributed by atoms with van der Waals surface area (Å²) >= 11 is 3.58. The minimum Gasteiger partial charge on any atom is -0.492 e. The lowest BCUT2D eigenvalue weighted by Crippen LogP contribution is -2.41. The number of amides is 2. The van der Waals surface area contributed by atoms with Crippen molar-refractivity contribution < 1.29 is 14.3 Å². The van der Waals surface area contributed by atoms with Gasteiger partial charge in [0.15, 0.2) is 0 Å². The Morgan fingerprint density at radius 1 is 1.21 bits per heavy atom. The molecule has 1 fully saturated rings. The number of carbonyl (C=O) groups excluding carboxylic acids is 2. The number of rotatable bonds is 8. The van der Waals surface area contributed by atoms with E-state index in [-0.39, 0.29) is 17.2 Å². The first-order chi connectivity index (χ1) is 15.7. The molecule has 1 aliphatic rings. The van der Waals surface area contributed by atoms with Gasteiger partial charge in [-0.3, -0.25) is 14.6 Å². The van der Waals surface area contributed by atoms with Crippen molar-refractivity contribution >= 4 is 27.7 Å². The Morgan fingerprint density at radius 3 is 2.61 bits per heavy atom. The maximum absolute atomic E-state index is 12.5. The second-order valence-corrected chi connectivity index (χ2v) is 10.5. The van der Waals surface area contributed by atoms with Crippen LogP contribution in [0.1, 0.15) is 62.4 Å². The molecule has 0 atom stereocenters. The van der Waals surface area contributed by atoms with Gasteiger partial charge in [0.1, 0.15) is 5.75 Å². The molecule has 0 radical (unpaired) electrons. The topological polar surface area (TPSA) is 71.5 Å². The maximum Gasteiger partial charge on any atom is 0.255 e. The molecule has 0 unspecified atom stereocenters. The third-order valence-electron chi connectivity index (χ3n) is 6.00. The average molecular weight is 516 g/mol. The van der Waals surface area contributed by atoms with Crippen LogP contribution in [0.5, 0.6) is 5.75 Å². The zero-order chi connectivity index (χ0) is 23.8. The molecule has 1 aromatic heterocycles. The number of piperidine rings is 1. The van der Waals surface area contributed by atoms with Crippen molar-refractivity contribution in [2.45, 2.75) is 51.9 Å². The predicted octanol–water partition coefficient (Wildman–Crippen LogP) is 4.97. The van der Waals surface area contributed by atoms with Gasteiger partial charge in [0.2, 0.25) is 5.91 Å². The molecule has 1 aromatic carbocycles. The van der Waals surface area contributed by atoms with E-state index < -0.39 is 0 Å². The number of pyridine rings is 1. The van der Waals surface area contributed by atoms with Crippen LogP contribution in [0.3, 0.4) is 0 Å². The first kappa shape index (κ1) is 25.2. The first-order valence-corrected chi connectivity index (χ1v) is 12.4. The number of halogens is 1. The number of carbonyl (C=O) groups is 2. The van der Waals surface area contributed by atoms with E-state index in [1.807, 2.05) is 11.0 Å². The van der Waals surface area contributed by atoms with Crippen LogP contribution in [-0.2, 0) is 10.2 Å². The van der Waals surface area contributed by atoms with Crippen LogP contribution in [0.2, 0.25) is 0 Å². The van der Waals surface area contributed by atoms with Crippen molar-refractivity contribution in [3.63, 3.8) is 0 Å². The lowest BCUT2D eigenvalue weighted by molar-refractivity contribution is -0.121. The Labute approximate surface area is 205 Å². The summed E-state index contributed by atoms with van der Waals surface area (Å²) in [6, 6.07) is 9.74. The van der Waals surface area contributed by atoms with Crippen LogP contribution < -0.4 is 10.1 Å². The molecule has 2 amide bonds. The number of aromatic nitrogens is 1. The van der Waals surface area contributed by atoms with Gasteiger partial charge >= 0.3 is 0 Å². The number of nitrogens with zero attached hydrogens (tertiary/aromatic N) is 2. The summed E-state index contributed by atoms with van der Waals surface area (Å²) in [7, 11) is 0. The molecule has 33 heavy (non-hydrogen) atoms. The molecule has 1 aliphatic heterocycles. The van der Waals surface area contributed by atoms with E-state index >= 15 is 0 Å². The highest BCUT2D eigenvalue weighted by molar-refractivity contribution is 9.10. The van der Waals surface area contributed by atoms with E-state index in [1.54, 1.807) is 24.5 Å². The summed E-state index contributed by atoms with van der Waals surface area (Å²) < 4.78 is 6.79. The standard InChI is InChI=1S/C26H34BrN3O3/c1-26(2,3)21-8-9-23(22(27)16-21)33-15-5-7-24(31)29-17-19-10-13-30(14-11-19)25(32)20-6-4-12-28-18-20/h4,6,8-9,12,16,18-19H,5,7,10-11,13-15,17H2,1-3H3,(H,29,31). The predicted molar refractivity (Wildman–Crippen MR) is 133 cm³/mol. The summed E-state index contributed by atoms with van der Waals surface area (Å²) in [5.41, 5.74) is 1.96. The zero-order valence-electron chi connectivity index (χ0n) is 19.8. The molecule has 1 saturated heterocycles. The molecule has 2 aromatic rings. The summed E-state index contributed by atoms with van der Waals surface area (Å²) in [4.78, 5) is 30.6. The third kappa shape index (κ3) is 7.56. The Hall–Kier alpha value is -2.41. The summed E-state index contributed by atoms with van der Waals surface area (Å²) in [5.74, 6) is 1.29. The Balaban J connectivity index is 1.31. The molecule has 0 bridgehead atoms. The first-order valence-electron chi connectivity index (χ1n) is 11.6. The van der Waals surface area contributed by atoms with Gasteiger partial charge in [-0.15, -0.1) is 0 Å². The quantitative estimate of drug-likeness (QED) is 0.503. The van der Waals surface area contributed by atoms with E-state index in [4.69, 9.17) is 4.74 Å². The number of ether oxygens (including phenoxy) is 1. The highest BCUT2D eigenvalue weighted by Gasteiger charge is 2.24. The average Bonchev–Trinajstić information content (AvgIpc) is 2.81. The monoisotopic (exact) mass is 515 g/mol. The van der Waals surface area contributed by atoms with Crippen LogP contribution in [0, 0.1) is 5.92 Å². The third-order valence-corrected chi connectivity index (χ3v) is 6.62. The van der Waals surface area contributed by atoms with Crippen LogP contribution >= 0.6 is 15.9 Å². The molecule has 6 nitrogen and oxygen atoms in total. The Kier molecular flexibility index (Phi) is 8.89. The minimum absolute atomic E-state index is 0.0327. The Bertz CT molecular complexity index is 936. The van der Waals surface area contributed by atoms with E-state index in [0.29, 0.717) is 50.6 Å². The van der Waals surface area contributed by atoms with Crippen molar-refractivity contribution in [2.75, 3.05) is 26.2 Å². The summed E-state index contributed by atoms with van der Waals surface area (Å²) in [6.07, 6.45) is 6.17. The lowest BCUT2D eigenvalue weighted by atomic mass is 9.87. The minimum atomic E-state index is 0.0327. The van der Waals surface area contributed by atoms with Gasteiger partial charge in [-0.25, -0.2) is 0 Å². The highest BCUT2D eigenvalue weighted by Crippen LogP contribution is 2.31. The van der Waals surface area contributed by atoms with Crippen LogP contribution in [0.25, 0.3) is 0 Å². The maximum atomic E-state index is 12.5. The van der Waals surface area contributed by atoms with Crippen molar-refractivity contribution in [3.8, 4) is 5.75 Å². The van der Waals surface area contributed by atoms with Crippen molar-refractivity contribution in [1.29, 1.82) is 0 Å². The second-order valence-electron chi connectivity index (χ2n) is 9.63.